The Hall–Kier alpha value is -2.66. The predicted octanol–water partition coefficient (Wildman–Crippen LogP) is 3.26. The van der Waals surface area contributed by atoms with E-state index in [0.29, 0.717) is 49.1 Å². The van der Waals surface area contributed by atoms with Crippen molar-refractivity contribution in [3.05, 3.63) is 63.9 Å². The molecule has 2 saturated heterocycles. The van der Waals surface area contributed by atoms with Crippen molar-refractivity contribution in [2.24, 2.45) is 0 Å². The van der Waals surface area contributed by atoms with E-state index in [9.17, 15) is 9.18 Å². The van der Waals surface area contributed by atoms with Crippen molar-refractivity contribution in [1.29, 1.82) is 5.26 Å². The van der Waals surface area contributed by atoms with Gasteiger partial charge in [-0.25, -0.2) is 4.39 Å². The molecule has 2 aromatic rings. The average molecular weight is 430 g/mol. The third-order valence-corrected chi connectivity index (χ3v) is 6.07. The fourth-order valence-electron chi connectivity index (χ4n) is 4.00. The Bertz CT molecular complexity index is 1010. The highest BCUT2D eigenvalue weighted by Crippen LogP contribution is 2.31. The predicted molar refractivity (Wildman–Crippen MR) is 109 cm³/mol. The van der Waals surface area contributed by atoms with Gasteiger partial charge >= 0.3 is 0 Å². The first-order valence-corrected chi connectivity index (χ1v) is 10.1. The van der Waals surface area contributed by atoms with Gasteiger partial charge in [0.2, 0.25) is 0 Å². The van der Waals surface area contributed by atoms with Crippen LogP contribution in [-0.2, 0) is 4.74 Å². The van der Waals surface area contributed by atoms with Gasteiger partial charge in [-0.3, -0.25) is 9.69 Å². The van der Waals surface area contributed by atoms with E-state index in [-0.39, 0.29) is 23.6 Å². The number of carbonyl (C=O) groups is 1. The minimum atomic E-state index is -0.529. The van der Waals surface area contributed by atoms with Gasteiger partial charge in [-0.15, -0.1) is 0 Å². The lowest BCUT2D eigenvalue weighted by atomic mass is 10.0. The van der Waals surface area contributed by atoms with E-state index in [2.05, 4.69) is 4.90 Å². The molecule has 0 aliphatic carbocycles. The lowest BCUT2D eigenvalue weighted by Crippen LogP contribution is -2.59. The monoisotopic (exact) mass is 429 g/mol. The van der Waals surface area contributed by atoms with E-state index in [1.807, 2.05) is 6.07 Å². The van der Waals surface area contributed by atoms with Gasteiger partial charge in [0.1, 0.15) is 17.6 Å². The number of hydrogen-bond donors (Lipinski definition) is 0. The normalized spacial score (nSPS) is 21.6. The number of hydrogen-bond acceptors (Lipinski definition) is 5. The van der Waals surface area contributed by atoms with E-state index in [1.54, 1.807) is 35.2 Å². The summed E-state index contributed by atoms with van der Waals surface area (Å²) in [6.45, 7) is 2.88. The topological polar surface area (TPSA) is 65.8 Å². The van der Waals surface area contributed by atoms with Crippen LogP contribution in [0.2, 0.25) is 5.02 Å². The van der Waals surface area contributed by atoms with Gasteiger partial charge in [0, 0.05) is 26.2 Å². The van der Waals surface area contributed by atoms with Crippen molar-refractivity contribution in [3.8, 4) is 11.8 Å². The summed E-state index contributed by atoms with van der Waals surface area (Å²) in [4.78, 5) is 17.1. The molecule has 4 rings (SSSR count). The maximum absolute atomic E-state index is 13.6. The Morgan fingerprint density at radius 3 is 2.90 bits per heavy atom. The van der Waals surface area contributed by atoms with Crippen molar-refractivity contribution in [2.45, 2.75) is 12.1 Å². The van der Waals surface area contributed by atoms with E-state index in [4.69, 9.17) is 26.3 Å². The number of nitriles is 1. The highest BCUT2D eigenvalue weighted by molar-refractivity contribution is 6.35. The highest BCUT2D eigenvalue weighted by Gasteiger charge is 2.36. The Balaban J connectivity index is 1.44. The number of nitrogens with zero attached hydrogens (tertiary/aromatic N) is 3. The van der Waals surface area contributed by atoms with Crippen LogP contribution < -0.4 is 4.74 Å². The fraction of sp³-hybridized carbons (Fsp3) is 0.364. The first kappa shape index (κ1) is 20.6. The van der Waals surface area contributed by atoms with Crippen LogP contribution >= 0.6 is 11.6 Å². The Morgan fingerprint density at radius 2 is 2.13 bits per heavy atom. The number of carbonyl (C=O) groups excluding carboxylic acids is 1. The van der Waals surface area contributed by atoms with Gasteiger partial charge in [0.25, 0.3) is 5.91 Å². The maximum atomic E-state index is 13.6. The van der Waals surface area contributed by atoms with Crippen LogP contribution in [0.5, 0.6) is 5.75 Å². The van der Waals surface area contributed by atoms with Crippen molar-refractivity contribution in [1.82, 2.24) is 9.80 Å². The van der Waals surface area contributed by atoms with Gasteiger partial charge < -0.3 is 14.4 Å². The van der Waals surface area contributed by atoms with Crippen LogP contribution in [0.25, 0.3) is 0 Å². The molecule has 0 radical (unpaired) electrons. The standard InChI is InChI=1S/C22H21ClFN3O3/c1-29-19-4-2-3-17(21(19)23)22(28)27-8-7-26-12-20(30-13-16(26)11-27)14-5-6-18(24)15(9-14)10-25/h2-6,9,16,20H,7-8,11-13H2,1H3/t16-,20?/m0/s1. The van der Waals surface area contributed by atoms with E-state index >= 15 is 0 Å². The molecule has 2 aliphatic rings. The van der Waals surface area contributed by atoms with Crippen LogP contribution in [0, 0.1) is 17.1 Å². The first-order chi connectivity index (χ1) is 14.5. The van der Waals surface area contributed by atoms with E-state index in [0.717, 1.165) is 5.56 Å². The second-order valence-corrected chi connectivity index (χ2v) is 7.77. The minimum absolute atomic E-state index is 0.0174. The molecule has 8 heteroatoms. The molecule has 0 spiro atoms. The molecule has 0 aromatic heterocycles. The van der Waals surface area contributed by atoms with Gasteiger partial charge in [-0.2, -0.15) is 5.26 Å². The van der Waals surface area contributed by atoms with Crippen molar-refractivity contribution in [3.63, 3.8) is 0 Å². The molecule has 2 aromatic carbocycles. The largest absolute Gasteiger partial charge is 0.495 e. The molecule has 2 heterocycles. The van der Waals surface area contributed by atoms with Gasteiger partial charge in [0.15, 0.2) is 0 Å². The summed E-state index contributed by atoms with van der Waals surface area (Å²) in [5.41, 5.74) is 1.23. The number of morpholine rings is 1. The zero-order valence-corrected chi connectivity index (χ0v) is 17.2. The molecule has 1 amide bonds. The number of amides is 1. The van der Waals surface area contributed by atoms with Crippen molar-refractivity contribution < 1.29 is 18.7 Å². The number of benzene rings is 2. The third kappa shape index (κ3) is 3.86. The first-order valence-electron chi connectivity index (χ1n) is 9.68. The molecular weight excluding hydrogens is 409 g/mol. The number of halogens is 2. The summed E-state index contributed by atoms with van der Waals surface area (Å²) in [6.07, 6.45) is -0.232. The third-order valence-electron chi connectivity index (χ3n) is 5.68. The lowest BCUT2D eigenvalue weighted by molar-refractivity contribution is -0.0858. The summed E-state index contributed by atoms with van der Waals surface area (Å²) in [5, 5.41) is 9.38. The van der Waals surface area contributed by atoms with Crippen LogP contribution in [0.4, 0.5) is 4.39 Å². The molecule has 2 fully saturated rings. The Morgan fingerprint density at radius 1 is 1.30 bits per heavy atom. The fourth-order valence-corrected chi connectivity index (χ4v) is 4.29. The summed E-state index contributed by atoms with van der Waals surface area (Å²) in [5.74, 6) is -0.183. The lowest BCUT2D eigenvalue weighted by Gasteiger charge is -2.46. The molecule has 156 valence electrons. The van der Waals surface area contributed by atoms with E-state index < -0.39 is 5.82 Å². The number of ether oxygens (including phenoxy) is 2. The van der Waals surface area contributed by atoms with Crippen LogP contribution in [0.1, 0.15) is 27.6 Å². The molecule has 30 heavy (non-hydrogen) atoms. The smallest absolute Gasteiger partial charge is 0.255 e. The summed E-state index contributed by atoms with van der Waals surface area (Å²) >= 11 is 6.33. The van der Waals surface area contributed by atoms with Gasteiger partial charge in [-0.05, 0) is 29.8 Å². The van der Waals surface area contributed by atoms with Crippen molar-refractivity contribution in [2.75, 3.05) is 39.9 Å². The average Bonchev–Trinajstić information content (AvgIpc) is 2.78. The number of rotatable bonds is 3. The molecule has 0 saturated carbocycles. The molecule has 0 bridgehead atoms. The summed E-state index contributed by atoms with van der Waals surface area (Å²) < 4.78 is 24.8. The minimum Gasteiger partial charge on any atom is -0.495 e. The van der Waals surface area contributed by atoms with Crippen LogP contribution in [-0.4, -0.2) is 61.6 Å². The molecule has 6 nitrogen and oxygen atoms in total. The Kier molecular flexibility index (Phi) is 5.91. The molecule has 0 N–H and O–H groups in total. The zero-order valence-electron chi connectivity index (χ0n) is 16.5. The Labute approximate surface area is 179 Å². The number of methoxy groups -OCH3 is 1. The second kappa shape index (κ2) is 8.60. The molecular formula is C22H21ClFN3O3. The molecule has 1 unspecified atom stereocenters. The van der Waals surface area contributed by atoms with Crippen LogP contribution in [0.3, 0.4) is 0 Å². The summed E-state index contributed by atoms with van der Waals surface area (Å²) in [7, 11) is 1.52. The maximum Gasteiger partial charge on any atom is 0.255 e. The zero-order chi connectivity index (χ0) is 21.3. The van der Waals surface area contributed by atoms with Crippen molar-refractivity contribution >= 4 is 17.5 Å². The second-order valence-electron chi connectivity index (χ2n) is 7.39. The van der Waals surface area contributed by atoms with Gasteiger partial charge in [-0.1, -0.05) is 23.7 Å². The quantitative estimate of drug-likeness (QED) is 0.749. The molecule has 2 aliphatic heterocycles. The number of fused-ring (bicyclic) bond motifs is 1. The highest BCUT2D eigenvalue weighted by atomic mass is 35.5. The number of piperazine rings is 1. The van der Waals surface area contributed by atoms with Gasteiger partial charge in [0.05, 0.1) is 42.0 Å². The molecule has 2 atom stereocenters. The SMILES string of the molecule is COc1cccc(C(=O)N2CCN3CC(c4ccc(F)c(C#N)c4)OC[C@@H]3C2)c1Cl. The van der Waals surface area contributed by atoms with Crippen LogP contribution in [0.15, 0.2) is 36.4 Å². The van der Waals surface area contributed by atoms with E-state index in [1.165, 1.54) is 13.2 Å². The summed E-state index contributed by atoms with van der Waals surface area (Å²) in [6, 6.07) is 11.6.